The summed E-state index contributed by atoms with van der Waals surface area (Å²) in [6, 6.07) is 7.82. The average molecular weight is 194 g/mol. The van der Waals surface area contributed by atoms with E-state index < -0.39 is 10.8 Å². The topological polar surface area (TPSA) is 17.1 Å². The predicted molar refractivity (Wildman–Crippen MR) is 57.3 cm³/mol. The average Bonchev–Trinajstić information content (AvgIpc) is 2.15. The molecule has 0 bridgehead atoms. The van der Waals surface area contributed by atoms with Gasteiger partial charge in [-0.1, -0.05) is 23.8 Å². The molecule has 13 heavy (non-hydrogen) atoms. The first-order chi connectivity index (χ1) is 6.24. The van der Waals surface area contributed by atoms with E-state index in [2.05, 4.69) is 6.58 Å². The second kappa shape index (κ2) is 4.97. The lowest BCUT2D eigenvalue weighted by atomic mass is 10.2. The Bertz CT molecular complexity index is 300. The van der Waals surface area contributed by atoms with Crippen LogP contribution in [0.25, 0.3) is 0 Å². The lowest BCUT2D eigenvalue weighted by Crippen LogP contribution is -1.96. The molecule has 0 amide bonds. The SMILES string of the molecule is C=CCC[S@](=O)c1ccc(C)cc1. The zero-order chi connectivity index (χ0) is 9.68. The van der Waals surface area contributed by atoms with Gasteiger partial charge in [-0.25, -0.2) is 0 Å². The molecule has 0 aliphatic rings. The highest BCUT2D eigenvalue weighted by Gasteiger charge is 2.00. The molecule has 0 saturated heterocycles. The summed E-state index contributed by atoms with van der Waals surface area (Å²) in [5, 5.41) is 0. The molecule has 0 N–H and O–H groups in total. The number of hydrogen-bond donors (Lipinski definition) is 0. The molecule has 1 nitrogen and oxygen atoms in total. The van der Waals surface area contributed by atoms with Gasteiger partial charge >= 0.3 is 0 Å². The molecule has 70 valence electrons. The van der Waals surface area contributed by atoms with Crippen molar-refractivity contribution >= 4 is 10.8 Å². The summed E-state index contributed by atoms with van der Waals surface area (Å²) in [5.41, 5.74) is 1.20. The number of aryl methyl sites for hydroxylation is 1. The van der Waals surface area contributed by atoms with Crippen LogP contribution >= 0.6 is 0 Å². The fraction of sp³-hybridized carbons (Fsp3) is 0.273. The number of benzene rings is 1. The number of hydrogen-bond acceptors (Lipinski definition) is 1. The molecular weight excluding hydrogens is 180 g/mol. The van der Waals surface area contributed by atoms with Crippen molar-refractivity contribution in [1.82, 2.24) is 0 Å². The summed E-state index contributed by atoms with van der Waals surface area (Å²) in [7, 11) is -0.863. The summed E-state index contributed by atoms with van der Waals surface area (Å²) in [5.74, 6) is 0.673. The molecule has 0 aliphatic heterocycles. The van der Waals surface area contributed by atoms with Crippen molar-refractivity contribution in [2.24, 2.45) is 0 Å². The van der Waals surface area contributed by atoms with Crippen molar-refractivity contribution in [3.63, 3.8) is 0 Å². The maximum atomic E-state index is 11.6. The van der Waals surface area contributed by atoms with Gasteiger partial charge in [0.25, 0.3) is 0 Å². The van der Waals surface area contributed by atoms with Gasteiger partial charge in [0.15, 0.2) is 0 Å². The third-order valence-corrected chi connectivity index (χ3v) is 3.20. The lowest BCUT2D eigenvalue weighted by Gasteiger charge is -2.00. The van der Waals surface area contributed by atoms with Crippen molar-refractivity contribution in [1.29, 1.82) is 0 Å². The van der Waals surface area contributed by atoms with Gasteiger partial charge in [0.05, 0.1) is 10.8 Å². The van der Waals surface area contributed by atoms with Crippen LogP contribution in [0, 0.1) is 6.92 Å². The largest absolute Gasteiger partial charge is 0.254 e. The van der Waals surface area contributed by atoms with Crippen LogP contribution in [-0.2, 0) is 10.8 Å². The van der Waals surface area contributed by atoms with E-state index in [1.165, 1.54) is 5.56 Å². The first-order valence-electron chi connectivity index (χ1n) is 4.30. The van der Waals surface area contributed by atoms with Crippen molar-refractivity contribution < 1.29 is 4.21 Å². The van der Waals surface area contributed by atoms with Crippen molar-refractivity contribution in [2.45, 2.75) is 18.2 Å². The van der Waals surface area contributed by atoms with Crippen LogP contribution in [0.4, 0.5) is 0 Å². The van der Waals surface area contributed by atoms with E-state index in [9.17, 15) is 4.21 Å². The maximum Gasteiger partial charge on any atom is 0.0532 e. The van der Waals surface area contributed by atoms with Gasteiger partial charge in [-0.3, -0.25) is 4.21 Å². The molecular formula is C11H14OS. The van der Waals surface area contributed by atoms with Crippen LogP contribution in [0.5, 0.6) is 0 Å². The minimum absolute atomic E-state index is 0.673. The molecule has 0 unspecified atom stereocenters. The Kier molecular flexibility index (Phi) is 3.90. The summed E-state index contributed by atoms with van der Waals surface area (Å²) >= 11 is 0. The molecule has 1 atom stereocenters. The van der Waals surface area contributed by atoms with E-state index in [0.717, 1.165) is 11.3 Å². The Hall–Kier alpha value is -0.890. The molecule has 0 saturated carbocycles. The first kappa shape index (κ1) is 10.2. The van der Waals surface area contributed by atoms with Gasteiger partial charge in [0, 0.05) is 10.6 Å². The standard InChI is InChI=1S/C11H14OS/c1-3-4-9-13(12)11-7-5-10(2)6-8-11/h3,5-8H,1,4,9H2,2H3/t13-/m0/s1. The Labute approximate surface area is 81.9 Å². The number of rotatable bonds is 4. The van der Waals surface area contributed by atoms with Gasteiger partial charge in [0.2, 0.25) is 0 Å². The summed E-state index contributed by atoms with van der Waals surface area (Å²) in [4.78, 5) is 0.910. The van der Waals surface area contributed by atoms with Crippen LogP contribution < -0.4 is 0 Å². The molecule has 2 heteroatoms. The molecule has 1 rings (SSSR count). The van der Waals surface area contributed by atoms with Gasteiger partial charge in [-0.05, 0) is 25.5 Å². The summed E-state index contributed by atoms with van der Waals surface area (Å²) < 4.78 is 11.6. The molecule has 1 aromatic rings. The van der Waals surface area contributed by atoms with Crippen LogP contribution in [0.3, 0.4) is 0 Å². The summed E-state index contributed by atoms with van der Waals surface area (Å²) in [6.45, 7) is 5.63. The zero-order valence-electron chi connectivity index (χ0n) is 7.82. The van der Waals surface area contributed by atoms with E-state index in [-0.39, 0.29) is 0 Å². The lowest BCUT2D eigenvalue weighted by molar-refractivity contribution is 0.682. The van der Waals surface area contributed by atoms with Crippen molar-refractivity contribution in [3.8, 4) is 0 Å². The van der Waals surface area contributed by atoms with Crippen LogP contribution in [-0.4, -0.2) is 9.96 Å². The summed E-state index contributed by atoms with van der Waals surface area (Å²) in [6.07, 6.45) is 2.60. The van der Waals surface area contributed by atoms with Crippen LogP contribution in [0.15, 0.2) is 41.8 Å². The first-order valence-corrected chi connectivity index (χ1v) is 5.62. The third-order valence-electron chi connectivity index (χ3n) is 1.79. The Morgan fingerprint density at radius 2 is 2.00 bits per heavy atom. The quantitative estimate of drug-likeness (QED) is 0.673. The molecule has 0 aliphatic carbocycles. The Morgan fingerprint density at radius 3 is 2.54 bits per heavy atom. The monoisotopic (exact) mass is 194 g/mol. The van der Waals surface area contributed by atoms with Crippen LogP contribution in [0.2, 0.25) is 0 Å². The van der Waals surface area contributed by atoms with E-state index in [1.54, 1.807) is 6.08 Å². The molecule has 1 aromatic carbocycles. The van der Waals surface area contributed by atoms with Crippen molar-refractivity contribution in [2.75, 3.05) is 5.75 Å². The fourth-order valence-corrected chi connectivity index (χ4v) is 2.05. The maximum absolute atomic E-state index is 11.6. The minimum atomic E-state index is -0.863. The van der Waals surface area contributed by atoms with Gasteiger partial charge in [-0.2, -0.15) is 0 Å². The highest BCUT2D eigenvalue weighted by Crippen LogP contribution is 2.08. The van der Waals surface area contributed by atoms with Gasteiger partial charge in [-0.15, -0.1) is 6.58 Å². The van der Waals surface area contributed by atoms with Gasteiger partial charge < -0.3 is 0 Å². The molecule has 0 radical (unpaired) electrons. The third kappa shape index (κ3) is 3.15. The van der Waals surface area contributed by atoms with E-state index in [4.69, 9.17) is 0 Å². The van der Waals surface area contributed by atoms with Gasteiger partial charge in [0.1, 0.15) is 0 Å². The normalized spacial score (nSPS) is 12.4. The number of allylic oxidation sites excluding steroid dienone is 1. The van der Waals surface area contributed by atoms with E-state index >= 15 is 0 Å². The Morgan fingerprint density at radius 1 is 1.38 bits per heavy atom. The van der Waals surface area contributed by atoms with E-state index in [1.807, 2.05) is 31.2 Å². The second-order valence-electron chi connectivity index (χ2n) is 2.94. The Balaban J connectivity index is 2.66. The zero-order valence-corrected chi connectivity index (χ0v) is 8.64. The fourth-order valence-electron chi connectivity index (χ4n) is 0.998. The highest BCUT2D eigenvalue weighted by atomic mass is 32.2. The minimum Gasteiger partial charge on any atom is -0.254 e. The smallest absolute Gasteiger partial charge is 0.0532 e. The second-order valence-corrected chi connectivity index (χ2v) is 4.51. The predicted octanol–water partition coefficient (Wildman–Crippen LogP) is 2.68. The van der Waals surface area contributed by atoms with Crippen molar-refractivity contribution in [3.05, 3.63) is 42.5 Å². The molecule has 0 aromatic heterocycles. The molecule has 0 spiro atoms. The van der Waals surface area contributed by atoms with Crippen LogP contribution in [0.1, 0.15) is 12.0 Å². The molecule has 0 heterocycles. The van der Waals surface area contributed by atoms with E-state index in [0.29, 0.717) is 5.75 Å². The highest BCUT2D eigenvalue weighted by molar-refractivity contribution is 7.85. The molecule has 0 fully saturated rings.